The van der Waals surface area contributed by atoms with E-state index in [4.69, 9.17) is 0 Å². The van der Waals surface area contributed by atoms with Crippen LogP contribution in [0.25, 0.3) is 0 Å². The molecule has 0 bridgehead atoms. The summed E-state index contributed by atoms with van der Waals surface area (Å²) in [6, 6.07) is 8.25. The molecule has 0 aliphatic carbocycles. The van der Waals surface area contributed by atoms with E-state index in [1.807, 2.05) is 17.0 Å². The highest BCUT2D eigenvalue weighted by atomic mass is 16.2. The zero-order chi connectivity index (χ0) is 13.7. The first kappa shape index (κ1) is 13.9. The molecule has 1 amide bonds. The maximum Gasteiger partial charge on any atom is 0.241 e. The Morgan fingerprint density at radius 3 is 2.68 bits per heavy atom. The molecule has 0 unspecified atom stereocenters. The normalized spacial score (nSPS) is 16.4. The first-order chi connectivity index (χ1) is 9.19. The van der Waals surface area contributed by atoms with Gasteiger partial charge in [-0.15, -0.1) is 0 Å². The SMILES string of the molecule is CCc1cccc(NCC(=O)N2CCN(C)CC2)c1. The number of hydrogen-bond donors (Lipinski definition) is 1. The molecule has 1 aliphatic rings. The second-order valence-corrected chi connectivity index (χ2v) is 5.09. The van der Waals surface area contributed by atoms with Crippen molar-refractivity contribution >= 4 is 11.6 Å². The third-order valence-corrected chi connectivity index (χ3v) is 3.63. The summed E-state index contributed by atoms with van der Waals surface area (Å²) in [5.74, 6) is 0.190. The van der Waals surface area contributed by atoms with Gasteiger partial charge in [-0.25, -0.2) is 0 Å². The maximum absolute atomic E-state index is 12.1. The number of amides is 1. The Labute approximate surface area is 115 Å². The fourth-order valence-electron chi connectivity index (χ4n) is 2.25. The number of nitrogens with zero attached hydrogens (tertiary/aromatic N) is 2. The van der Waals surface area contributed by atoms with Crippen LogP contribution in [0.4, 0.5) is 5.69 Å². The summed E-state index contributed by atoms with van der Waals surface area (Å²) in [5.41, 5.74) is 2.32. The molecule has 104 valence electrons. The number of piperazine rings is 1. The second-order valence-electron chi connectivity index (χ2n) is 5.09. The van der Waals surface area contributed by atoms with E-state index in [2.05, 4.69) is 36.3 Å². The van der Waals surface area contributed by atoms with Crippen molar-refractivity contribution in [3.8, 4) is 0 Å². The summed E-state index contributed by atoms with van der Waals surface area (Å²) in [7, 11) is 2.09. The van der Waals surface area contributed by atoms with Crippen molar-refractivity contribution in [1.29, 1.82) is 0 Å². The highest BCUT2D eigenvalue weighted by Gasteiger charge is 2.18. The largest absolute Gasteiger partial charge is 0.376 e. The number of likely N-dealkylation sites (N-methyl/N-ethyl adjacent to an activating group) is 1. The van der Waals surface area contributed by atoms with Gasteiger partial charge in [-0.2, -0.15) is 0 Å². The van der Waals surface area contributed by atoms with Gasteiger partial charge >= 0.3 is 0 Å². The summed E-state index contributed by atoms with van der Waals surface area (Å²) < 4.78 is 0. The van der Waals surface area contributed by atoms with Gasteiger partial charge in [0, 0.05) is 31.9 Å². The van der Waals surface area contributed by atoms with E-state index in [1.165, 1.54) is 5.56 Å². The van der Waals surface area contributed by atoms with Crippen LogP contribution in [0.15, 0.2) is 24.3 Å². The molecule has 4 nitrogen and oxygen atoms in total. The number of carbonyl (C=O) groups excluding carboxylic acids is 1. The Kier molecular flexibility index (Phi) is 4.80. The van der Waals surface area contributed by atoms with Gasteiger partial charge in [-0.1, -0.05) is 19.1 Å². The lowest BCUT2D eigenvalue weighted by molar-refractivity contribution is -0.130. The predicted molar refractivity (Wildman–Crippen MR) is 78.4 cm³/mol. The minimum Gasteiger partial charge on any atom is -0.376 e. The number of carbonyl (C=O) groups is 1. The van der Waals surface area contributed by atoms with Crippen molar-refractivity contribution in [1.82, 2.24) is 9.80 Å². The van der Waals surface area contributed by atoms with Crippen LogP contribution in [-0.2, 0) is 11.2 Å². The molecule has 1 aliphatic heterocycles. The number of rotatable bonds is 4. The molecule has 1 N–H and O–H groups in total. The maximum atomic E-state index is 12.1. The Bertz CT molecular complexity index is 425. The first-order valence-electron chi connectivity index (χ1n) is 6.98. The van der Waals surface area contributed by atoms with Crippen molar-refractivity contribution < 1.29 is 4.79 Å². The summed E-state index contributed by atoms with van der Waals surface area (Å²) >= 11 is 0. The van der Waals surface area contributed by atoms with Crippen LogP contribution in [0.2, 0.25) is 0 Å². The predicted octanol–water partition coefficient (Wildman–Crippen LogP) is 1.43. The van der Waals surface area contributed by atoms with Gasteiger partial charge in [0.15, 0.2) is 0 Å². The molecule has 1 fully saturated rings. The number of benzene rings is 1. The van der Waals surface area contributed by atoms with E-state index in [1.54, 1.807) is 0 Å². The van der Waals surface area contributed by atoms with Gasteiger partial charge < -0.3 is 15.1 Å². The van der Waals surface area contributed by atoms with E-state index in [9.17, 15) is 4.79 Å². The topological polar surface area (TPSA) is 35.6 Å². The van der Waals surface area contributed by atoms with Crippen molar-refractivity contribution in [2.45, 2.75) is 13.3 Å². The molecule has 0 spiro atoms. The zero-order valence-corrected chi connectivity index (χ0v) is 11.9. The molecular formula is C15H23N3O. The van der Waals surface area contributed by atoms with Gasteiger partial charge in [0.1, 0.15) is 0 Å². The average molecular weight is 261 g/mol. The molecule has 19 heavy (non-hydrogen) atoms. The van der Waals surface area contributed by atoms with Gasteiger partial charge in [0.05, 0.1) is 6.54 Å². The van der Waals surface area contributed by atoms with E-state index in [-0.39, 0.29) is 5.91 Å². The Morgan fingerprint density at radius 1 is 1.26 bits per heavy atom. The first-order valence-corrected chi connectivity index (χ1v) is 6.98. The number of nitrogens with one attached hydrogen (secondary N) is 1. The van der Waals surface area contributed by atoms with Crippen LogP contribution in [0.5, 0.6) is 0 Å². The van der Waals surface area contributed by atoms with E-state index in [0.29, 0.717) is 6.54 Å². The molecule has 1 aromatic carbocycles. The summed E-state index contributed by atoms with van der Waals surface area (Å²) in [6.45, 7) is 6.14. The van der Waals surface area contributed by atoms with Crippen LogP contribution in [0.1, 0.15) is 12.5 Å². The lowest BCUT2D eigenvalue weighted by Crippen LogP contribution is -2.48. The van der Waals surface area contributed by atoms with Crippen LogP contribution in [0.3, 0.4) is 0 Å². The molecule has 2 rings (SSSR count). The molecule has 4 heteroatoms. The van der Waals surface area contributed by atoms with Crippen molar-refractivity contribution in [2.75, 3.05) is 45.1 Å². The van der Waals surface area contributed by atoms with Crippen molar-refractivity contribution in [3.63, 3.8) is 0 Å². The smallest absolute Gasteiger partial charge is 0.241 e. The summed E-state index contributed by atoms with van der Waals surface area (Å²) in [4.78, 5) is 16.3. The molecule has 0 radical (unpaired) electrons. The minimum absolute atomic E-state index is 0.190. The fraction of sp³-hybridized carbons (Fsp3) is 0.533. The second kappa shape index (κ2) is 6.57. The highest BCUT2D eigenvalue weighted by molar-refractivity contribution is 5.81. The Morgan fingerprint density at radius 2 is 2.00 bits per heavy atom. The minimum atomic E-state index is 0.190. The van der Waals surface area contributed by atoms with Crippen molar-refractivity contribution in [3.05, 3.63) is 29.8 Å². The monoisotopic (exact) mass is 261 g/mol. The van der Waals surface area contributed by atoms with E-state index in [0.717, 1.165) is 38.3 Å². The molecule has 1 aromatic rings. The molecule has 0 saturated carbocycles. The van der Waals surface area contributed by atoms with Gasteiger partial charge in [-0.3, -0.25) is 4.79 Å². The van der Waals surface area contributed by atoms with Crippen molar-refractivity contribution in [2.24, 2.45) is 0 Å². The number of hydrogen-bond acceptors (Lipinski definition) is 3. The summed E-state index contributed by atoms with van der Waals surface area (Å²) in [5, 5.41) is 3.22. The summed E-state index contributed by atoms with van der Waals surface area (Å²) in [6.07, 6.45) is 1.02. The molecule has 1 heterocycles. The Balaban J connectivity index is 1.82. The molecule has 0 atom stereocenters. The highest BCUT2D eigenvalue weighted by Crippen LogP contribution is 2.11. The average Bonchev–Trinajstić information content (AvgIpc) is 2.46. The lowest BCUT2D eigenvalue weighted by atomic mass is 10.1. The number of anilines is 1. The zero-order valence-electron chi connectivity index (χ0n) is 11.9. The third-order valence-electron chi connectivity index (χ3n) is 3.63. The standard InChI is InChI=1S/C15H23N3O/c1-3-13-5-4-6-14(11-13)16-12-15(19)18-9-7-17(2)8-10-18/h4-6,11,16H,3,7-10,12H2,1-2H3. The molecule has 1 saturated heterocycles. The lowest BCUT2D eigenvalue weighted by Gasteiger charge is -2.32. The van der Waals surface area contributed by atoms with Gasteiger partial charge in [-0.05, 0) is 31.2 Å². The van der Waals surface area contributed by atoms with E-state index >= 15 is 0 Å². The van der Waals surface area contributed by atoms with Gasteiger partial charge in [0.2, 0.25) is 5.91 Å². The van der Waals surface area contributed by atoms with Crippen LogP contribution in [-0.4, -0.2) is 55.5 Å². The third kappa shape index (κ3) is 3.96. The van der Waals surface area contributed by atoms with E-state index < -0.39 is 0 Å². The molecule has 0 aromatic heterocycles. The van der Waals surface area contributed by atoms with Crippen LogP contribution >= 0.6 is 0 Å². The fourth-order valence-corrected chi connectivity index (χ4v) is 2.25. The van der Waals surface area contributed by atoms with Gasteiger partial charge in [0.25, 0.3) is 0 Å². The van der Waals surface area contributed by atoms with Crippen LogP contribution in [0, 0.1) is 0 Å². The van der Waals surface area contributed by atoms with Crippen LogP contribution < -0.4 is 5.32 Å². The quantitative estimate of drug-likeness (QED) is 0.891. The number of aryl methyl sites for hydroxylation is 1. The Hall–Kier alpha value is -1.55. The molecular weight excluding hydrogens is 238 g/mol.